The zero-order chi connectivity index (χ0) is 15.5. The quantitative estimate of drug-likeness (QED) is 0.812. The van der Waals surface area contributed by atoms with Gasteiger partial charge in [0.2, 0.25) is 0 Å². The Kier molecular flexibility index (Phi) is 4.96. The molecule has 0 spiro atoms. The fourth-order valence-corrected chi connectivity index (χ4v) is 4.16. The lowest BCUT2D eigenvalue weighted by Crippen LogP contribution is -2.25. The van der Waals surface area contributed by atoms with E-state index in [4.69, 9.17) is 9.47 Å². The summed E-state index contributed by atoms with van der Waals surface area (Å²) in [5, 5.41) is 0. The maximum Gasteiger partial charge on any atom is 0.150 e. The molecule has 2 atom stereocenters. The second kappa shape index (κ2) is 6.94. The summed E-state index contributed by atoms with van der Waals surface area (Å²) in [5.41, 5.74) is 0. The van der Waals surface area contributed by atoms with Gasteiger partial charge in [-0.15, -0.1) is 11.3 Å². The van der Waals surface area contributed by atoms with Gasteiger partial charge in [0.1, 0.15) is 11.9 Å². The molecule has 1 fully saturated rings. The van der Waals surface area contributed by atoms with E-state index in [0.717, 1.165) is 12.2 Å². The summed E-state index contributed by atoms with van der Waals surface area (Å²) < 4.78 is 13.7. The Balaban J connectivity index is 1.84. The molecule has 0 unspecified atom stereocenters. The minimum absolute atomic E-state index is 0.119. The highest BCUT2D eigenvalue weighted by molar-refractivity contribution is 7.15. The molecule has 3 heterocycles. The fourth-order valence-electron chi connectivity index (χ4n) is 2.94. The van der Waals surface area contributed by atoms with Crippen LogP contribution in [0, 0.1) is 5.92 Å². The van der Waals surface area contributed by atoms with Gasteiger partial charge < -0.3 is 14.0 Å². The minimum Gasteiger partial charge on any atom is -0.376 e. The highest BCUT2D eigenvalue weighted by atomic mass is 32.1. The number of thiophene rings is 1. The van der Waals surface area contributed by atoms with Crippen molar-refractivity contribution in [1.82, 2.24) is 9.55 Å². The normalized spacial score (nSPS) is 21.8. The van der Waals surface area contributed by atoms with Crippen molar-refractivity contribution in [2.75, 3.05) is 19.8 Å². The standard InChI is InChI=1S/C17H24N2O2S/c1-4-21-15-11-20-10-14(15)19-8-7-18-17(19)16-6-5-13(22-16)9-12(2)3/h5-8,12,14-15H,4,9-11H2,1-3H3/t14-,15-/m0/s1. The lowest BCUT2D eigenvalue weighted by Gasteiger charge is -2.20. The number of hydrogen-bond acceptors (Lipinski definition) is 4. The summed E-state index contributed by atoms with van der Waals surface area (Å²) in [6.45, 7) is 8.61. The molecule has 0 radical (unpaired) electrons. The molecule has 0 aliphatic carbocycles. The van der Waals surface area contributed by atoms with Crippen LogP contribution >= 0.6 is 11.3 Å². The van der Waals surface area contributed by atoms with E-state index < -0.39 is 0 Å². The number of imidazole rings is 1. The number of ether oxygens (including phenoxy) is 2. The molecule has 0 saturated carbocycles. The molecule has 0 N–H and O–H groups in total. The lowest BCUT2D eigenvalue weighted by molar-refractivity contribution is 0.0364. The van der Waals surface area contributed by atoms with Crippen LogP contribution < -0.4 is 0 Å². The second-order valence-corrected chi connectivity index (χ2v) is 7.29. The molecule has 0 aromatic carbocycles. The SMILES string of the molecule is CCO[C@H]1COC[C@@H]1n1ccnc1-c1ccc(CC(C)C)s1. The van der Waals surface area contributed by atoms with Crippen molar-refractivity contribution in [3.63, 3.8) is 0 Å². The third kappa shape index (κ3) is 3.26. The summed E-state index contributed by atoms with van der Waals surface area (Å²) in [6, 6.07) is 4.63. The third-order valence-electron chi connectivity index (χ3n) is 3.90. The van der Waals surface area contributed by atoms with E-state index in [2.05, 4.69) is 35.5 Å². The monoisotopic (exact) mass is 320 g/mol. The average molecular weight is 320 g/mol. The Labute approximate surface area is 136 Å². The van der Waals surface area contributed by atoms with Gasteiger partial charge in [-0.2, -0.15) is 0 Å². The van der Waals surface area contributed by atoms with E-state index in [0.29, 0.717) is 25.7 Å². The van der Waals surface area contributed by atoms with Crippen molar-refractivity contribution in [2.24, 2.45) is 5.92 Å². The van der Waals surface area contributed by atoms with Crippen molar-refractivity contribution in [3.8, 4) is 10.7 Å². The van der Waals surface area contributed by atoms with Crippen molar-refractivity contribution in [2.45, 2.75) is 39.3 Å². The smallest absolute Gasteiger partial charge is 0.150 e. The number of nitrogens with zero attached hydrogens (tertiary/aromatic N) is 2. The first-order chi connectivity index (χ1) is 10.7. The second-order valence-electron chi connectivity index (χ2n) is 6.12. The van der Waals surface area contributed by atoms with Gasteiger partial charge in [0.25, 0.3) is 0 Å². The Morgan fingerprint density at radius 1 is 1.41 bits per heavy atom. The first-order valence-electron chi connectivity index (χ1n) is 8.00. The molecule has 1 aliphatic rings. The minimum atomic E-state index is 0.119. The summed E-state index contributed by atoms with van der Waals surface area (Å²) in [7, 11) is 0. The zero-order valence-corrected chi connectivity index (χ0v) is 14.3. The molecule has 0 amide bonds. The first-order valence-corrected chi connectivity index (χ1v) is 8.82. The number of aromatic nitrogens is 2. The van der Waals surface area contributed by atoms with Crippen molar-refractivity contribution in [3.05, 3.63) is 29.4 Å². The van der Waals surface area contributed by atoms with Crippen LogP contribution in [-0.4, -0.2) is 35.5 Å². The zero-order valence-electron chi connectivity index (χ0n) is 13.5. The van der Waals surface area contributed by atoms with E-state index in [-0.39, 0.29) is 12.1 Å². The molecular weight excluding hydrogens is 296 g/mol. The predicted octanol–water partition coefficient (Wildman–Crippen LogP) is 3.79. The van der Waals surface area contributed by atoms with Crippen LogP contribution in [-0.2, 0) is 15.9 Å². The topological polar surface area (TPSA) is 36.3 Å². The summed E-state index contributed by atoms with van der Waals surface area (Å²) in [6.07, 6.45) is 5.16. The van der Waals surface area contributed by atoms with Gasteiger partial charge in [-0.25, -0.2) is 4.98 Å². The Morgan fingerprint density at radius 2 is 2.27 bits per heavy atom. The van der Waals surface area contributed by atoms with Crippen LogP contribution in [0.25, 0.3) is 10.7 Å². The fraction of sp³-hybridized carbons (Fsp3) is 0.588. The van der Waals surface area contributed by atoms with Crippen LogP contribution in [0.3, 0.4) is 0 Å². The summed E-state index contributed by atoms with van der Waals surface area (Å²) in [4.78, 5) is 7.23. The molecule has 5 heteroatoms. The lowest BCUT2D eigenvalue weighted by atomic mass is 10.1. The van der Waals surface area contributed by atoms with E-state index in [1.807, 2.05) is 30.7 Å². The molecule has 1 aliphatic heterocycles. The van der Waals surface area contributed by atoms with E-state index in [1.165, 1.54) is 9.75 Å². The van der Waals surface area contributed by atoms with Crippen LogP contribution in [0.15, 0.2) is 24.5 Å². The predicted molar refractivity (Wildman–Crippen MR) is 89.4 cm³/mol. The largest absolute Gasteiger partial charge is 0.376 e. The highest BCUT2D eigenvalue weighted by Gasteiger charge is 2.31. The molecule has 2 aromatic rings. The van der Waals surface area contributed by atoms with E-state index in [1.54, 1.807) is 0 Å². The highest BCUT2D eigenvalue weighted by Crippen LogP contribution is 2.32. The van der Waals surface area contributed by atoms with Gasteiger partial charge in [-0.05, 0) is 31.4 Å². The summed E-state index contributed by atoms with van der Waals surface area (Å²) >= 11 is 1.84. The molecule has 2 aromatic heterocycles. The van der Waals surface area contributed by atoms with Crippen LogP contribution in [0.1, 0.15) is 31.7 Å². The van der Waals surface area contributed by atoms with E-state index in [9.17, 15) is 0 Å². The van der Waals surface area contributed by atoms with E-state index >= 15 is 0 Å². The first kappa shape index (κ1) is 15.7. The Hall–Kier alpha value is -1.17. The van der Waals surface area contributed by atoms with Gasteiger partial charge in [0.05, 0.1) is 24.1 Å². The van der Waals surface area contributed by atoms with Crippen molar-refractivity contribution < 1.29 is 9.47 Å². The molecule has 1 saturated heterocycles. The maximum absolute atomic E-state index is 5.82. The number of hydrogen-bond donors (Lipinski definition) is 0. The van der Waals surface area contributed by atoms with Gasteiger partial charge >= 0.3 is 0 Å². The van der Waals surface area contributed by atoms with Crippen LogP contribution in [0.5, 0.6) is 0 Å². The molecule has 4 nitrogen and oxygen atoms in total. The average Bonchev–Trinajstić information content (AvgIpc) is 3.16. The van der Waals surface area contributed by atoms with Gasteiger partial charge in [0, 0.05) is 23.9 Å². The molecule has 22 heavy (non-hydrogen) atoms. The number of rotatable bonds is 6. The van der Waals surface area contributed by atoms with Gasteiger partial charge in [-0.3, -0.25) is 0 Å². The molecular formula is C17H24N2O2S. The third-order valence-corrected chi connectivity index (χ3v) is 5.00. The molecule has 0 bridgehead atoms. The van der Waals surface area contributed by atoms with Crippen molar-refractivity contribution in [1.29, 1.82) is 0 Å². The van der Waals surface area contributed by atoms with Gasteiger partial charge in [0.15, 0.2) is 0 Å². The van der Waals surface area contributed by atoms with Crippen LogP contribution in [0.2, 0.25) is 0 Å². The molecule has 120 valence electrons. The van der Waals surface area contributed by atoms with Gasteiger partial charge in [-0.1, -0.05) is 13.8 Å². The maximum atomic E-state index is 5.82. The summed E-state index contributed by atoms with van der Waals surface area (Å²) in [5.74, 6) is 1.71. The van der Waals surface area contributed by atoms with Crippen LogP contribution in [0.4, 0.5) is 0 Å². The molecule has 3 rings (SSSR count). The van der Waals surface area contributed by atoms with Crippen molar-refractivity contribution >= 4 is 11.3 Å². The Morgan fingerprint density at radius 3 is 3.05 bits per heavy atom. The Bertz CT molecular complexity index is 605.